The Kier molecular flexibility index (Phi) is 4.94. The third-order valence-electron chi connectivity index (χ3n) is 2.27. The van der Waals surface area contributed by atoms with E-state index in [0.29, 0.717) is 0 Å². The van der Waals surface area contributed by atoms with Crippen LogP contribution in [0.1, 0.15) is 24.8 Å². The quantitative estimate of drug-likeness (QED) is 0.699. The van der Waals surface area contributed by atoms with Gasteiger partial charge in [-0.25, -0.2) is 0 Å². The van der Waals surface area contributed by atoms with Crippen molar-refractivity contribution in [2.45, 2.75) is 31.7 Å². The van der Waals surface area contributed by atoms with Crippen LogP contribution in [-0.4, -0.2) is 11.0 Å². The lowest BCUT2D eigenvalue weighted by atomic mass is 10.0. The molecular formula is C12H18N2. The molecule has 2 heteroatoms. The van der Waals surface area contributed by atoms with Gasteiger partial charge in [-0.3, -0.25) is 4.98 Å². The predicted octanol–water partition coefficient (Wildman–Crippen LogP) is 2.31. The summed E-state index contributed by atoms with van der Waals surface area (Å²) in [5, 5.41) is 0. The number of hydrogen-bond acceptors (Lipinski definition) is 2. The van der Waals surface area contributed by atoms with Gasteiger partial charge in [-0.05, 0) is 37.3 Å². The summed E-state index contributed by atoms with van der Waals surface area (Å²) in [5.41, 5.74) is 7.20. The van der Waals surface area contributed by atoms with Crippen molar-refractivity contribution in [3.05, 3.63) is 42.7 Å². The maximum absolute atomic E-state index is 5.94. The Morgan fingerprint density at radius 1 is 1.50 bits per heavy atom. The Balaban J connectivity index is 2.23. The summed E-state index contributed by atoms with van der Waals surface area (Å²) in [6.45, 7) is 3.69. The molecule has 1 aromatic rings. The molecule has 0 aliphatic carbocycles. The van der Waals surface area contributed by atoms with E-state index in [1.54, 1.807) is 6.20 Å². The Morgan fingerprint density at radius 2 is 2.36 bits per heavy atom. The van der Waals surface area contributed by atoms with Gasteiger partial charge in [0.05, 0.1) is 0 Å². The topological polar surface area (TPSA) is 38.9 Å². The first-order chi connectivity index (χ1) is 6.83. The molecule has 1 heterocycles. The van der Waals surface area contributed by atoms with Gasteiger partial charge in [0.1, 0.15) is 0 Å². The maximum atomic E-state index is 5.94. The van der Waals surface area contributed by atoms with Crippen LogP contribution in [-0.2, 0) is 6.42 Å². The van der Waals surface area contributed by atoms with Crippen molar-refractivity contribution in [3.63, 3.8) is 0 Å². The van der Waals surface area contributed by atoms with Gasteiger partial charge in [0.25, 0.3) is 0 Å². The number of allylic oxidation sites excluding steroid dienone is 1. The van der Waals surface area contributed by atoms with E-state index < -0.39 is 0 Å². The molecule has 0 bridgehead atoms. The van der Waals surface area contributed by atoms with E-state index in [9.17, 15) is 0 Å². The molecule has 0 saturated carbocycles. The summed E-state index contributed by atoms with van der Waals surface area (Å²) in [5.74, 6) is 0. The van der Waals surface area contributed by atoms with E-state index >= 15 is 0 Å². The first kappa shape index (κ1) is 10.9. The highest BCUT2D eigenvalue weighted by molar-refractivity contribution is 5.08. The molecule has 0 saturated heterocycles. The standard InChI is InChI=1S/C12H18N2/c1-2-3-6-12(13)8-7-11-5-4-9-14-10-11/h2,4-5,9-10,12H,1,3,6-8,13H2. The van der Waals surface area contributed by atoms with E-state index in [-0.39, 0.29) is 6.04 Å². The van der Waals surface area contributed by atoms with Crippen LogP contribution in [0.15, 0.2) is 37.2 Å². The SMILES string of the molecule is C=CCCC(N)CCc1cccnc1. The average molecular weight is 190 g/mol. The lowest BCUT2D eigenvalue weighted by molar-refractivity contribution is 0.574. The van der Waals surface area contributed by atoms with E-state index in [0.717, 1.165) is 25.7 Å². The second kappa shape index (κ2) is 6.33. The largest absolute Gasteiger partial charge is 0.328 e. The number of nitrogens with two attached hydrogens (primary N) is 1. The number of rotatable bonds is 6. The number of nitrogens with zero attached hydrogens (tertiary/aromatic N) is 1. The van der Waals surface area contributed by atoms with Gasteiger partial charge >= 0.3 is 0 Å². The van der Waals surface area contributed by atoms with Crippen LogP contribution in [0.4, 0.5) is 0 Å². The Morgan fingerprint density at radius 3 is 3.00 bits per heavy atom. The molecule has 0 aliphatic rings. The average Bonchev–Trinajstić information content (AvgIpc) is 2.25. The van der Waals surface area contributed by atoms with E-state index in [1.807, 2.05) is 18.3 Å². The van der Waals surface area contributed by atoms with E-state index in [1.165, 1.54) is 5.56 Å². The zero-order valence-electron chi connectivity index (χ0n) is 8.52. The van der Waals surface area contributed by atoms with Gasteiger partial charge in [-0.1, -0.05) is 12.1 Å². The molecule has 0 fully saturated rings. The molecule has 2 N–H and O–H groups in total. The lowest BCUT2D eigenvalue weighted by Crippen LogP contribution is -2.20. The molecule has 0 amide bonds. The van der Waals surface area contributed by atoms with Crippen molar-refractivity contribution in [1.82, 2.24) is 4.98 Å². The van der Waals surface area contributed by atoms with E-state index in [2.05, 4.69) is 17.6 Å². The molecule has 2 nitrogen and oxygen atoms in total. The third kappa shape index (κ3) is 4.19. The maximum Gasteiger partial charge on any atom is 0.0299 e. The smallest absolute Gasteiger partial charge is 0.0299 e. The molecule has 0 aliphatic heterocycles. The number of hydrogen-bond donors (Lipinski definition) is 1. The Bertz CT molecular complexity index is 256. The first-order valence-corrected chi connectivity index (χ1v) is 5.08. The van der Waals surface area contributed by atoms with Crippen LogP contribution in [0.3, 0.4) is 0 Å². The zero-order valence-corrected chi connectivity index (χ0v) is 8.52. The van der Waals surface area contributed by atoms with Crippen molar-refractivity contribution in [3.8, 4) is 0 Å². The first-order valence-electron chi connectivity index (χ1n) is 5.08. The van der Waals surface area contributed by atoms with Crippen LogP contribution in [0.2, 0.25) is 0 Å². The summed E-state index contributed by atoms with van der Waals surface area (Å²) in [4.78, 5) is 4.07. The van der Waals surface area contributed by atoms with E-state index in [4.69, 9.17) is 5.73 Å². The minimum Gasteiger partial charge on any atom is -0.328 e. The molecule has 0 spiro atoms. The summed E-state index contributed by atoms with van der Waals surface area (Å²) in [6.07, 6.45) is 9.70. The van der Waals surface area contributed by atoms with Crippen molar-refractivity contribution < 1.29 is 0 Å². The highest BCUT2D eigenvalue weighted by Crippen LogP contribution is 2.06. The van der Waals surface area contributed by atoms with Crippen LogP contribution >= 0.6 is 0 Å². The van der Waals surface area contributed by atoms with Crippen LogP contribution < -0.4 is 5.73 Å². The molecule has 1 unspecified atom stereocenters. The monoisotopic (exact) mass is 190 g/mol. The van der Waals surface area contributed by atoms with Crippen molar-refractivity contribution in [1.29, 1.82) is 0 Å². The lowest BCUT2D eigenvalue weighted by Gasteiger charge is -2.09. The van der Waals surface area contributed by atoms with Crippen molar-refractivity contribution in [2.24, 2.45) is 5.73 Å². The molecule has 14 heavy (non-hydrogen) atoms. The molecule has 1 atom stereocenters. The minimum atomic E-state index is 0.285. The van der Waals surface area contributed by atoms with Crippen molar-refractivity contribution >= 4 is 0 Å². The van der Waals surface area contributed by atoms with Crippen LogP contribution in [0, 0.1) is 0 Å². The van der Waals surface area contributed by atoms with Gasteiger partial charge in [-0.15, -0.1) is 6.58 Å². The van der Waals surface area contributed by atoms with Crippen molar-refractivity contribution in [2.75, 3.05) is 0 Å². The van der Waals surface area contributed by atoms with Gasteiger partial charge in [0.15, 0.2) is 0 Å². The van der Waals surface area contributed by atoms with Gasteiger partial charge < -0.3 is 5.73 Å². The molecule has 1 aromatic heterocycles. The van der Waals surface area contributed by atoms with Crippen LogP contribution in [0.25, 0.3) is 0 Å². The highest BCUT2D eigenvalue weighted by Gasteiger charge is 2.01. The minimum absolute atomic E-state index is 0.285. The fourth-order valence-electron chi connectivity index (χ4n) is 1.37. The molecule has 0 aromatic carbocycles. The molecule has 76 valence electrons. The summed E-state index contributed by atoms with van der Waals surface area (Å²) >= 11 is 0. The highest BCUT2D eigenvalue weighted by atomic mass is 14.6. The number of aryl methyl sites for hydroxylation is 1. The second-order valence-corrected chi connectivity index (χ2v) is 3.53. The number of pyridine rings is 1. The normalized spacial score (nSPS) is 12.4. The fraction of sp³-hybridized carbons (Fsp3) is 0.417. The van der Waals surface area contributed by atoms with Gasteiger partial charge in [0, 0.05) is 18.4 Å². The fourth-order valence-corrected chi connectivity index (χ4v) is 1.37. The summed E-state index contributed by atoms with van der Waals surface area (Å²) in [6, 6.07) is 4.34. The molecule has 1 rings (SSSR count). The predicted molar refractivity (Wildman–Crippen MR) is 60.0 cm³/mol. The van der Waals surface area contributed by atoms with Gasteiger partial charge in [-0.2, -0.15) is 0 Å². The zero-order chi connectivity index (χ0) is 10.2. The third-order valence-corrected chi connectivity index (χ3v) is 2.27. The molecule has 0 radical (unpaired) electrons. The summed E-state index contributed by atoms with van der Waals surface area (Å²) < 4.78 is 0. The molecular weight excluding hydrogens is 172 g/mol. The van der Waals surface area contributed by atoms with Crippen LogP contribution in [0.5, 0.6) is 0 Å². The van der Waals surface area contributed by atoms with Gasteiger partial charge in [0.2, 0.25) is 0 Å². The Labute approximate surface area is 85.9 Å². The summed E-state index contributed by atoms with van der Waals surface area (Å²) in [7, 11) is 0. The number of aromatic nitrogens is 1. The Hall–Kier alpha value is -1.15. The second-order valence-electron chi connectivity index (χ2n) is 3.53.